The summed E-state index contributed by atoms with van der Waals surface area (Å²) in [7, 11) is 0. The molecule has 0 aromatic heterocycles. The van der Waals surface area contributed by atoms with Gasteiger partial charge in [-0.3, -0.25) is 9.59 Å². The normalized spacial score (nSPS) is 13.1. The van der Waals surface area contributed by atoms with Crippen LogP contribution >= 0.6 is 0 Å². The van der Waals surface area contributed by atoms with Crippen molar-refractivity contribution in [3.05, 3.63) is 71.8 Å². The highest BCUT2D eigenvalue weighted by molar-refractivity contribution is 5.83. The highest BCUT2D eigenvalue weighted by Gasteiger charge is 2.20. The first kappa shape index (κ1) is 16.7. The van der Waals surface area contributed by atoms with Gasteiger partial charge in [0, 0.05) is 6.42 Å². The Hall–Kier alpha value is -2.62. The maximum Gasteiger partial charge on any atom is 0.303 e. The largest absolute Gasteiger partial charge is 0.481 e. The lowest BCUT2D eigenvalue weighted by Gasteiger charge is -2.21. The molecular weight excluding hydrogens is 290 g/mol. The topological polar surface area (TPSA) is 66.4 Å². The smallest absolute Gasteiger partial charge is 0.303 e. The van der Waals surface area contributed by atoms with Crippen LogP contribution in [-0.2, 0) is 9.59 Å². The van der Waals surface area contributed by atoms with E-state index >= 15 is 0 Å². The van der Waals surface area contributed by atoms with Crippen molar-refractivity contribution in [1.82, 2.24) is 5.32 Å². The number of hydrogen-bond donors (Lipinski definition) is 2. The van der Waals surface area contributed by atoms with Crippen LogP contribution in [0.2, 0.25) is 0 Å². The molecule has 2 atom stereocenters. The molecule has 0 heterocycles. The number of carboxylic acids is 1. The summed E-state index contributed by atoms with van der Waals surface area (Å²) in [6.45, 7) is 1.85. The second kappa shape index (κ2) is 8.13. The third kappa shape index (κ3) is 4.95. The first-order valence-electron chi connectivity index (χ1n) is 7.70. The van der Waals surface area contributed by atoms with Crippen LogP contribution < -0.4 is 5.32 Å². The Labute approximate surface area is 136 Å². The van der Waals surface area contributed by atoms with Gasteiger partial charge in [0.05, 0.1) is 12.0 Å². The first-order chi connectivity index (χ1) is 11.1. The van der Waals surface area contributed by atoms with Crippen molar-refractivity contribution in [1.29, 1.82) is 0 Å². The van der Waals surface area contributed by atoms with Crippen molar-refractivity contribution < 1.29 is 14.7 Å². The quantitative estimate of drug-likeness (QED) is 0.822. The molecule has 4 heteroatoms. The number of carboxylic acid groups (broad SMARTS) is 1. The van der Waals surface area contributed by atoms with E-state index in [1.165, 1.54) is 0 Å². The molecule has 0 saturated heterocycles. The lowest BCUT2D eigenvalue weighted by atomic mass is 9.97. The van der Waals surface area contributed by atoms with Crippen LogP contribution in [0.15, 0.2) is 60.7 Å². The van der Waals surface area contributed by atoms with Gasteiger partial charge < -0.3 is 10.4 Å². The van der Waals surface area contributed by atoms with Crippen molar-refractivity contribution in [2.75, 3.05) is 0 Å². The molecule has 2 N–H and O–H groups in total. The van der Waals surface area contributed by atoms with Gasteiger partial charge in [-0.25, -0.2) is 0 Å². The molecule has 2 unspecified atom stereocenters. The Kier molecular flexibility index (Phi) is 5.92. The second-order valence-corrected chi connectivity index (χ2v) is 5.54. The van der Waals surface area contributed by atoms with E-state index < -0.39 is 5.97 Å². The van der Waals surface area contributed by atoms with Crippen molar-refractivity contribution in [3.63, 3.8) is 0 Å². The average Bonchev–Trinajstić information content (AvgIpc) is 2.59. The number of benzene rings is 2. The number of rotatable bonds is 7. The van der Waals surface area contributed by atoms with Crippen molar-refractivity contribution in [3.8, 4) is 0 Å². The SMILES string of the molecule is CC(C(=O)NC(CCC(=O)O)c1ccccc1)c1ccccc1. The van der Waals surface area contributed by atoms with Crippen LogP contribution in [0.4, 0.5) is 0 Å². The minimum absolute atomic E-state index is 0.0135. The molecule has 0 bridgehead atoms. The van der Waals surface area contributed by atoms with Gasteiger partial charge in [-0.2, -0.15) is 0 Å². The van der Waals surface area contributed by atoms with E-state index in [-0.39, 0.29) is 24.3 Å². The average molecular weight is 311 g/mol. The highest BCUT2D eigenvalue weighted by atomic mass is 16.4. The highest BCUT2D eigenvalue weighted by Crippen LogP contribution is 2.21. The van der Waals surface area contributed by atoms with Crippen LogP contribution in [0.25, 0.3) is 0 Å². The van der Waals surface area contributed by atoms with E-state index in [2.05, 4.69) is 5.32 Å². The fourth-order valence-corrected chi connectivity index (χ4v) is 2.47. The number of aliphatic carboxylic acids is 1. The third-order valence-electron chi connectivity index (χ3n) is 3.86. The van der Waals surface area contributed by atoms with Crippen molar-refractivity contribution >= 4 is 11.9 Å². The Morgan fingerprint density at radius 3 is 2.00 bits per heavy atom. The van der Waals surface area contributed by atoms with Gasteiger partial charge in [-0.1, -0.05) is 60.7 Å². The molecule has 0 aliphatic heterocycles. The molecule has 2 rings (SSSR count). The molecule has 4 nitrogen and oxygen atoms in total. The van der Waals surface area contributed by atoms with Gasteiger partial charge >= 0.3 is 5.97 Å². The lowest BCUT2D eigenvalue weighted by Crippen LogP contribution is -2.32. The van der Waals surface area contributed by atoms with Gasteiger partial charge in [0.25, 0.3) is 0 Å². The van der Waals surface area contributed by atoms with Crippen molar-refractivity contribution in [2.45, 2.75) is 31.7 Å². The molecule has 2 aromatic carbocycles. The second-order valence-electron chi connectivity index (χ2n) is 5.54. The Morgan fingerprint density at radius 2 is 1.48 bits per heavy atom. The van der Waals surface area contributed by atoms with Crippen molar-refractivity contribution in [2.24, 2.45) is 0 Å². The third-order valence-corrected chi connectivity index (χ3v) is 3.86. The molecule has 0 spiro atoms. The molecule has 2 aromatic rings. The summed E-state index contributed by atoms with van der Waals surface area (Å²) in [6.07, 6.45) is 0.381. The summed E-state index contributed by atoms with van der Waals surface area (Å²) in [4.78, 5) is 23.4. The van der Waals surface area contributed by atoms with E-state index in [1.807, 2.05) is 67.6 Å². The molecule has 120 valence electrons. The maximum atomic E-state index is 12.5. The van der Waals surface area contributed by atoms with Crippen LogP contribution in [0.3, 0.4) is 0 Å². The number of carbonyl (C=O) groups is 2. The summed E-state index contributed by atoms with van der Waals surface area (Å²) < 4.78 is 0. The van der Waals surface area contributed by atoms with Gasteiger partial charge in [-0.05, 0) is 24.5 Å². The van der Waals surface area contributed by atoms with E-state index in [1.54, 1.807) is 0 Å². The Balaban J connectivity index is 2.10. The zero-order chi connectivity index (χ0) is 16.7. The van der Waals surface area contributed by atoms with Gasteiger partial charge in [-0.15, -0.1) is 0 Å². The number of hydrogen-bond acceptors (Lipinski definition) is 2. The number of carbonyl (C=O) groups excluding carboxylic acids is 1. The minimum atomic E-state index is -0.865. The minimum Gasteiger partial charge on any atom is -0.481 e. The lowest BCUT2D eigenvalue weighted by molar-refractivity contribution is -0.137. The molecule has 0 fully saturated rings. The fourth-order valence-electron chi connectivity index (χ4n) is 2.47. The van der Waals surface area contributed by atoms with Gasteiger partial charge in [0.1, 0.15) is 0 Å². The standard InChI is InChI=1S/C19H21NO3/c1-14(15-8-4-2-5-9-15)19(23)20-17(12-13-18(21)22)16-10-6-3-7-11-16/h2-11,14,17H,12-13H2,1H3,(H,20,23)(H,21,22). The summed E-state index contributed by atoms with van der Waals surface area (Å²) in [5, 5.41) is 11.9. The molecule has 23 heavy (non-hydrogen) atoms. The summed E-state index contributed by atoms with van der Waals surface area (Å²) >= 11 is 0. The Bertz CT molecular complexity index is 640. The Morgan fingerprint density at radius 1 is 0.957 bits per heavy atom. The molecular formula is C19H21NO3. The van der Waals surface area contributed by atoms with Crippen LogP contribution in [0.1, 0.15) is 42.9 Å². The fraction of sp³-hybridized carbons (Fsp3) is 0.263. The van der Waals surface area contributed by atoms with E-state index in [4.69, 9.17) is 5.11 Å². The molecule has 0 aliphatic carbocycles. The summed E-state index contributed by atoms with van der Waals surface area (Å²) in [5.41, 5.74) is 1.86. The predicted molar refractivity (Wildman–Crippen MR) is 89.1 cm³/mol. The van der Waals surface area contributed by atoms with Gasteiger partial charge in [0.15, 0.2) is 0 Å². The molecule has 1 amide bonds. The first-order valence-corrected chi connectivity index (χ1v) is 7.70. The van der Waals surface area contributed by atoms with Gasteiger partial charge in [0.2, 0.25) is 5.91 Å². The van der Waals surface area contributed by atoms with Crippen LogP contribution in [0, 0.1) is 0 Å². The summed E-state index contributed by atoms with van der Waals surface area (Å²) in [6, 6.07) is 18.7. The van der Waals surface area contributed by atoms with Crippen LogP contribution in [-0.4, -0.2) is 17.0 Å². The zero-order valence-electron chi connectivity index (χ0n) is 13.1. The predicted octanol–water partition coefficient (Wildman–Crippen LogP) is 3.51. The molecule has 0 saturated carbocycles. The summed E-state index contributed by atoms with van der Waals surface area (Å²) in [5.74, 6) is -1.25. The monoisotopic (exact) mass is 311 g/mol. The molecule has 0 radical (unpaired) electrons. The maximum absolute atomic E-state index is 12.5. The van der Waals surface area contributed by atoms with E-state index in [0.29, 0.717) is 6.42 Å². The van der Waals surface area contributed by atoms with E-state index in [0.717, 1.165) is 11.1 Å². The number of nitrogens with one attached hydrogen (secondary N) is 1. The molecule has 0 aliphatic rings. The van der Waals surface area contributed by atoms with E-state index in [9.17, 15) is 9.59 Å². The van der Waals surface area contributed by atoms with Crippen LogP contribution in [0.5, 0.6) is 0 Å². The zero-order valence-corrected chi connectivity index (χ0v) is 13.1. The number of amides is 1.